The summed E-state index contributed by atoms with van der Waals surface area (Å²) in [7, 11) is 0. The molecule has 1 saturated heterocycles. The molecule has 5 nitrogen and oxygen atoms in total. The predicted octanol–water partition coefficient (Wildman–Crippen LogP) is 5.00. The number of amidine groups is 1. The van der Waals surface area contributed by atoms with Crippen LogP contribution in [0.25, 0.3) is 22.0 Å². The number of para-hydroxylation sites is 1. The quantitative estimate of drug-likeness (QED) is 0.315. The minimum absolute atomic E-state index is 0.00846. The number of nitrogens with one attached hydrogen (secondary N) is 1. The third-order valence-corrected chi connectivity index (χ3v) is 6.91. The normalized spacial score (nSPS) is 19.3. The molecule has 4 rings (SSSR count). The van der Waals surface area contributed by atoms with Crippen molar-refractivity contribution in [1.82, 2.24) is 9.47 Å². The van der Waals surface area contributed by atoms with E-state index in [0.29, 0.717) is 29.8 Å². The average molecular weight is 431 g/mol. The zero-order chi connectivity index (χ0) is 22.7. The van der Waals surface area contributed by atoms with Gasteiger partial charge >= 0.3 is 0 Å². The van der Waals surface area contributed by atoms with Crippen molar-refractivity contribution in [2.75, 3.05) is 6.54 Å². The minimum Gasteiger partial charge on any atom is -0.384 e. The van der Waals surface area contributed by atoms with Crippen molar-refractivity contribution in [1.29, 1.82) is 5.41 Å². The lowest BCUT2D eigenvalue weighted by atomic mass is 9.97. The van der Waals surface area contributed by atoms with Crippen molar-refractivity contribution >= 4 is 16.7 Å². The van der Waals surface area contributed by atoms with Crippen LogP contribution in [0.5, 0.6) is 0 Å². The second-order valence-electron chi connectivity index (χ2n) is 9.14. The molecule has 0 amide bonds. The Bertz CT molecular complexity index is 1160. The lowest BCUT2D eigenvalue weighted by molar-refractivity contribution is 0.101. The van der Waals surface area contributed by atoms with Crippen molar-refractivity contribution in [2.45, 2.75) is 64.6 Å². The van der Waals surface area contributed by atoms with Gasteiger partial charge < -0.3 is 10.3 Å². The van der Waals surface area contributed by atoms with Gasteiger partial charge in [-0.2, -0.15) is 0 Å². The summed E-state index contributed by atoms with van der Waals surface area (Å²) in [5.41, 5.74) is 8.76. The van der Waals surface area contributed by atoms with Crippen LogP contribution in [0.4, 0.5) is 0 Å². The number of piperidine rings is 1. The van der Waals surface area contributed by atoms with Gasteiger partial charge in [-0.1, -0.05) is 42.8 Å². The molecule has 3 N–H and O–H groups in total. The van der Waals surface area contributed by atoms with E-state index in [1.54, 1.807) is 6.07 Å². The number of likely N-dealkylation sites (tertiary alicyclic amines) is 1. The summed E-state index contributed by atoms with van der Waals surface area (Å²) in [5.74, 6) is 0.00846. The summed E-state index contributed by atoms with van der Waals surface area (Å²) in [6.07, 6.45) is 5.96. The number of rotatable bonds is 7. The predicted molar refractivity (Wildman–Crippen MR) is 133 cm³/mol. The first-order valence-corrected chi connectivity index (χ1v) is 11.8. The molecular formula is C27H34N4O. The Morgan fingerprint density at radius 2 is 1.72 bits per heavy atom. The summed E-state index contributed by atoms with van der Waals surface area (Å²) >= 11 is 0. The summed E-state index contributed by atoms with van der Waals surface area (Å²) in [5, 5.41) is 8.79. The molecule has 0 bridgehead atoms. The molecule has 3 aromatic rings. The van der Waals surface area contributed by atoms with Crippen molar-refractivity contribution in [3.63, 3.8) is 0 Å². The summed E-state index contributed by atoms with van der Waals surface area (Å²) in [6, 6.07) is 18.8. The molecule has 0 saturated carbocycles. The van der Waals surface area contributed by atoms with E-state index in [1.807, 2.05) is 47.0 Å². The first-order valence-electron chi connectivity index (χ1n) is 11.8. The van der Waals surface area contributed by atoms with E-state index in [4.69, 9.17) is 11.1 Å². The number of unbranched alkanes of at least 4 members (excludes halogenated alkanes) is 1. The molecule has 1 aromatic heterocycles. The SMILES string of the molecule is CC1CCCC(C)N1CCCCn1c(=O)c(-c2cccc(C(=N)N)c2)cc2ccccc21. The number of nitrogens with zero attached hydrogens (tertiary/aromatic N) is 2. The molecule has 2 atom stereocenters. The molecule has 1 aliphatic heterocycles. The van der Waals surface area contributed by atoms with E-state index in [-0.39, 0.29) is 11.4 Å². The van der Waals surface area contributed by atoms with Crippen LogP contribution in [0.3, 0.4) is 0 Å². The number of nitrogens with two attached hydrogens (primary N) is 1. The molecule has 168 valence electrons. The number of fused-ring (bicyclic) bond motifs is 1. The number of hydrogen-bond acceptors (Lipinski definition) is 3. The molecule has 2 heterocycles. The van der Waals surface area contributed by atoms with E-state index < -0.39 is 0 Å². The molecule has 0 aliphatic carbocycles. The van der Waals surface area contributed by atoms with Gasteiger partial charge in [0.1, 0.15) is 5.84 Å². The lowest BCUT2D eigenvalue weighted by Gasteiger charge is -2.39. The smallest absolute Gasteiger partial charge is 0.258 e. The topological polar surface area (TPSA) is 75.1 Å². The van der Waals surface area contributed by atoms with Crippen molar-refractivity contribution in [3.8, 4) is 11.1 Å². The van der Waals surface area contributed by atoms with Gasteiger partial charge in [0.05, 0.1) is 5.52 Å². The average Bonchev–Trinajstić information content (AvgIpc) is 2.79. The van der Waals surface area contributed by atoms with Gasteiger partial charge in [0.15, 0.2) is 0 Å². The lowest BCUT2D eigenvalue weighted by Crippen LogP contribution is -2.44. The Hall–Kier alpha value is -2.92. The molecule has 32 heavy (non-hydrogen) atoms. The summed E-state index contributed by atoms with van der Waals surface area (Å²) < 4.78 is 1.92. The summed E-state index contributed by atoms with van der Waals surface area (Å²) in [4.78, 5) is 16.2. The van der Waals surface area contributed by atoms with E-state index in [9.17, 15) is 4.79 Å². The van der Waals surface area contributed by atoms with Crippen molar-refractivity contribution in [2.24, 2.45) is 5.73 Å². The fourth-order valence-corrected chi connectivity index (χ4v) is 5.09. The van der Waals surface area contributed by atoms with Crippen LogP contribution in [0.1, 0.15) is 51.5 Å². The van der Waals surface area contributed by atoms with Crippen molar-refractivity contribution < 1.29 is 0 Å². The van der Waals surface area contributed by atoms with Crippen LogP contribution >= 0.6 is 0 Å². The molecule has 1 aliphatic rings. The fourth-order valence-electron chi connectivity index (χ4n) is 5.09. The summed E-state index contributed by atoms with van der Waals surface area (Å²) in [6.45, 7) is 6.48. The Morgan fingerprint density at radius 3 is 2.47 bits per heavy atom. The first kappa shape index (κ1) is 22.3. The van der Waals surface area contributed by atoms with E-state index >= 15 is 0 Å². The molecular weight excluding hydrogens is 396 g/mol. The number of aromatic nitrogens is 1. The highest BCUT2D eigenvalue weighted by molar-refractivity contribution is 5.96. The van der Waals surface area contributed by atoms with Gasteiger partial charge in [-0.3, -0.25) is 15.1 Å². The highest BCUT2D eigenvalue weighted by Crippen LogP contribution is 2.24. The van der Waals surface area contributed by atoms with Gasteiger partial charge in [0, 0.05) is 29.8 Å². The van der Waals surface area contributed by atoms with Crippen LogP contribution in [-0.4, -0.2) is 33.9 Å². The maximum absolute atomic E-state index is 13.5. The second-order valence-corrected chi connectivity index (χ2v) is 9.14. The van der Waals surface area contributed by atoms with E-state index in [1.165, 1.54) is 19.3 Å². The second kappa shape index (κ2) is 9.70. The first-order chi connectivity index (χ1) is 15.5. The maximum Gasteiger partial charge on any atom is 0.258 e. The maximum atomic E-state index is 13.5. The largest absolute Gasteiger partial charge is 0.384 e. The van der Waals surface area contributed by atoms with Crippen molar-refractivity contribution in [3.05, 3.63) is 70.5 Å². The molecule has 5 heteroatoms. The third kappa shape index (κ3) is 4.63. The molecule has 1 fully saturated rings. The Morgan fingerprint density at radius 1 is 1.00 bits per heavy atom. The zero-order valence-electron chi connectivity index (χ0n) is 19.2. The Labute approximate surface area is 190 Å². The highest BCUT2D eigenvalue weighted by Gasteiger charge is 2.23. The van der Waals surface area contributed by atoms with Gasteiger partial charge in [-0.25, -0.2) is 0 Å². The molecule has 2 unspecified atom stereocenters. The standard InChI is InChI=1S/C27H34N4O/c1-19-9-7-10-20(2)30(19)15-5-6-16-31-25-14-4-3-11-22(25)18-24(27(31)32)21-12-8-13-23(17-21)26(28)29/h3-4,8,11-14,17-20H,5-7,9-10,15-16H2,1-2H3,(H3,28,29). The van der Waals surface area contributed by atoms with Gasteiger partial charge in [0.2, 0.25) is 0 Å². The molecule has 2 aromatic carbocycles. The Kier molecular flexibility index (Phi) is 6.75. The van der Waals surface area contributed by atoms with E-state index in [2.05, 4.69) is 24.8 Å². The molecule has 0 radical (unpaired) electrons. The monoisotopic (exact) mass is 430 g/mol. The third-order valence-electron chi connectivity index (χ3n) is 6.91. The highest BCUT2D eigenvalue weighted by atomic mass is 16.1. The van der Waals surface area contributed by atoms with Crippen LogP contribution < -0.4 is 11.3 Å². The number of aryl methyl sites for hydroxylation is 1. The van der Waals surface area contributed by atoms with Crippen LogP contribution in [0.15, 0.2) is 59.4 Å². The number of pyridine rings is 1. The zero-order valence-corrected chi connectivity index (χ0v) is 19.2. The number of benzene rings is 2. The van der Waals surface area contributed by atoms with Crippen LogP contribution in [0, 0.1) is 5.41 Å². The van der Waals surface area contributed by atoms with E-state index in [0.717, 1.165) is 35.9 Å². The van der Waals surface area contributed by atoms with Gasteiger partial charge in [-0.15, -0.1) is 0 Å². The van der Waals surface area contributed by atoms with Gasteiger partial charge in [0.25, 0.3) is 5.56 Å². The minimum atomic E-state index is 0.00846. The Balaban J connectivity index is 1.60. The fraction of sp³-hybridized carbons (Fsp3) is 0.407. The van der Waals surface area contributed by atoms with Crippen LogP contribution in [0.2, 0.25) is 0 Å². The van der Waals surface area contributed by atoms with Gasteiger partial charge in [-0.05, 0) is 75.2 Å². The molecule has 0 spiro atoms. The number of nitrogen functional groups attached to an aromatic ring is 1. The van der Waals surface area contributed by atoms with Crippen LogP contribution in [-0.2, 0) is 6.54 Å². The number of hydrogen-bond donors (Lipinski definition) is 2.